The van der Waals surface area contributed by atoms with Crippen LogP contribution < -0.4 is 15.4 Å². The number of amides is 1. The average Bonchev–Trinajstić information content (AvgIpc) is 3.04. The first kappa shape index (κ1) is 32.4. The lowest BCUT2D eigenvalue weighted by molar-refractivity contribution is -0.142. The number of aromatic nitrogens is 3. The van der Waals surface area contributed by atoms with Crippen molar-refractivity contribution in [3.63, 3.8) is 0 Å². The molecule has 1 saturated carbocycles. The van der Waals surface area contributed by atoms with E-state index in [9.17, 15) is 9.59 Å². The molecule has 0 spiro atoms. The fraction of sp³-hybridized carbons (Fsp3) is 0.485. The Labute approximate surface area is 279 Å². The first-order valence-electron chi connectivity index (χ1n) is 15.8. The molecule has 3 aliphatic rings. The van der Waals surface area contributed by atoms with Gasteiger partial charge in [0.25, 0.3) is 0 Å². The van der Waals surface area contributed by atoms with Crippen molar-refractivity contribution in [3.8, 4) is 22.9 Å². The van der Waals surface area contributed by atoms with E-state index in [-0.39, 0.29) is 23.8 Å². The number of benzene rings is 1. The van der Waals surface area contributed by atoms with E-state index < -0.39 is 0 Å². The lowest BCUT2D eigenvalue weighted by Crippen LogP contribution is -2.53. The Balaban J connectivity index is 1.12. The molecule has 0 bridgehead atoms. The number of anilines is 1. The van der Waals surface area contributed by atoms with Crippen LogP contribution in [-0.4, -0.2) is 89.0 Å². The van der Waals surface area contributed by atoms with Crippen molar-refractivity contribution in [2.75, 3.05) is 51.3 Å². The molecule has 0 unspecified atom stereocenters. The molecule has 4 heterocycles. The number of nitrogens with zero attached hydrogens (tertiary/aromatic N) is 6. The maximum Gasteiger partial charge on any atom is 0.305 e. The van der Waals surface area contributed by atoms with Crippen LogP contribution in [0.15, 0.2) is 42.7 Å². The summed E-state index contributed by atoms with van der Waals surface area (Å²) >= 11 is 12.7. The van der Waals surface area contributed by atoms with E-state index in [0.29, 0.717) is 78.4 Å². The summed E-state index contributed by atoms with van der Waals surface area (Å²) in [6.45, 7) is 5.07. The molecule has 1 aliphatic carbocycles. The van der Waals surface area contributed by atoms with E-state index in [0.717, 1.165) is 49.9 Å². The first-order valence-corrected chi connectivity index (χ1v) is 16.5. The SMILES string of the molecule is COC(=O)CC1CCN(Cc2cc(Oc3cnc(N4CCN(C(=O)C5CC(N)C5)CC4)nc3)nc(-c3cc(Cl)cc(Cl)c3)c2)CC1. The molecule has 3 aromatic rings. The number of likely N-dealkylation sites (tertiary alicyclic amines) is 1. The molecule has 2 N–H and O–H groups in total. The molecule has 0 atom stereocenters. The molecule has 2 aliphatic heterocycles. The third-order valence-electron chi connectivity index (χ3n) is 9.05. The monoisotopic (exact) mass is 667 g/mol. The fourth-order valence-corrected chi connectivity index (χ4v) is 6.90. The number of carbonyl (C=O) groups excluding carboxylic acids is 2. The molecule has 0 radical (unpaired) electrons. The Morgan fingerprint density at radius 3 is 2.24 bits per heavy atom. The first-order chi connectivity index (χ1) is 22.2. The molecular formula is C33H39Cl2N7O4. The van der Waals surface area contributed by atoms with Crippen molar-refractivity contribution in [2.24, 2.45) is 17.6 Å². The van der Waals surface area contributed by atoms with Crippen LogP contribution in [0.4, 0.5) is 5.95 Å². The minimum absolute atomic E-state index is 0.0722. The van der Waals surface area contributed by atoms with E-state index in [1.165, 1.54) is 7.11 Å². The molecule has 6 rings (SSSR count). The highest BCUT2D eigenvalue weighted by molar-refractivity contribution is 6.35. The number of esters is 1. The smallest absolute Gasteiger partial charge is 0.305 e. The zero-order valence-electron chi connectivity index (χ0n) is 25.9. The summed E-state index contributed by atoms with van der Waals surface area (Å²) in [5.41, 5.74) is 8.37. The number of halogens is 2. The van der Waals surface area contributed by atoms with Gasteiger partial charge < -0.3 is 25.0 Å². The van der Waals surface area contributed by atoms with E-state index in [1.807, 2.05) is 29.2 Å². The van der Waals surface area contributed by atoms with Crippen LogP contribution in [0.2, 0.25) is 10.0 Å². The van der Waals surface area contributed by atoms with Gasteiger partial charge in [-0.2, -0.15) is 0 Å². The van der Waals surface area contributed by atoms with Crippen LogP contribution in [-0.2, 0) is 20.9 Å². The number of pyridine rings is 1. The fourth-order valence-electron chi connectivity index (χ4n) is 6.37. The summed E-state index contributed by atoms with van der Waals surface area (Å²) in [6.07, 6.45) is 7.19. The second kappa shape index (κ2) is 14.5. The second-order valence-corrected chi connectivity index (χ2v) is 13.3. The lowest BCUT2D eigenvalue weighted by atomic mass is 9.80. The van der Waals surface area contributed by atoms with Gasteiger partial charge in [0.05, 0.1) is 25.2 Å². The zero-order chi connectivity index (χ0) is 32.2. The minimum atomic E-state index is -0.152. The van der Waals surface area contributed by atoms with Gasteiger partial charge in [0.1, 0.15) is 0 Å². The molecule has 13 heteroatoms. The van der Waals surface area contributed by atoms with E-state index in [2.05, 4.69) is 19.8 Å². The molecule has 11 nitrogen and oxygen atoms in total. The van der Waals surface area contributed by atoms with Crippen LogP contribution >= 0.6 is 23.2 Å². The maximum absolute atomic E-state index is 12.7. The number of nitrogens with two attached hydrogens (primary N) is 1. The Hall–Kier alpha value is -3.51. The quantitative estimate of drug-likeness (QED) is 0.318. The average molecular weight is 669 g/mol. The van der Waals surface area contributed by atoms with Gasteiger partial charge in [-0.3, -0.25) is 14.5 Å². The van der Waals surface area contributed by atoms with Crippen molar-refractivity contribution in [3.05, 3.63) is 58.3 Å². The zero-order valence-corrected chi connectivity index (χ0v) is 27.4. The number of piperidine rings is 1. The van der Waals surface area contributed by atoms with Gasteiger partial charge in [-0.1, -0.05) is 23.2 Å². The minimum Gasteiger partial charge on any atom is -0.469 e. The largest absolute Gasteiger partial charge is 0.469 e. The van der Waals surface area contributed by atoms with E-state index in [1.54, 1.807) is 18.5 Å². The molecule has 46 heavy (non-hydrogen) atoms. The Morgan fingerprint density at radius 1 is 0.935 bits per heavy atom. The van der Waals surface area contributed by atoms with Gasteiger partial charge in [0.2, 0.25) is 17.7 Å². The number of hydrogen-bond acceptors (Lipinski definition) is 10. The summed E-state index contributed by atoms with van der Waals surface area (Å²) in [5, 5.41) is 1.04. The number of methoxy groups -OCH3 is 1. The number of piperazine rings is 1. The van der Waals surface area contributed by atoms with Crippen LogP contribution in [0.25, 0.3) is 11.3 Å². The van der Waals surface area contributed by atoms with Gasteiger partial charge in [0.15, 0.2) is 5.75 Å². The van der Waals surface area contributed by atoms with E-state index >= 15 is 0 Å². The number of rotatable bonds is 9. The van der Waals surface area contributed by atoms with Crippen molar-refractivity contribution in [1.82, 2.24) is 24.8 Å². The molecule has 244 valence electrons. The predicted molar refractivity (Wildman–Crippen MR) is 176 cm³/mol. The van der Waals surface area contributed by atoms with Crippen molar-refractivity contribution < 1.29 is 19.1 Å². The van der Waals surface area contributed by atoms with E-state index in [4.69, 9.17) is 43.4 Å². The topological polar surface area (TPSA) is 127 Å². The standard InChI is InChI=1S/C33H39Cl2N7O4/c1-45-31(43)12-21-2-4-40(5-3-21)20-22-10-29(23-13-25(34)17-26(35)14-23)39-30(11-22)46-28-18-37-33(38-19-28)42-8-6-41(7-9-42)32(44)24-15-27(36)16-24/h10-11,13-14,17-19,21,24,27H,2-9,12,15-16,20,36H2,1H3. The third kappa shape index (κ3) is 8.06. The molecule has 2 aromatic heterocycles. The van der Waals surface area contributed by atoms with Gasteiger partial charge >= 0.3 is 5.97 Å². The van der Waals surface area contributed by atoms with Gasteiger partial charge in [0, 0.05) is 72.8 Å². The molecular weight excluding hydrogens is 629 g/mol. The molecule has 3 fully saturated rings. The Bertz CT molecular complexity index is 1520. The number of carbonyl (C=O) groups is 2. The third-order valence-corrected chi connectivity index (χ3v) is 9.49. The number of hydrogen-bond donors (Lipinski definition) is 1. The maximum atomic E-state index is 12.7. The van der Waals surface area contributed by atoms with Crippen LogP contribution in [0.5, 0.6) is 11.6 Å². The Kier molecular flexibility index (Phi) is 10.2. The Morgan fingerprint density at radius 2 is 1.61 bits per heavy atom. The molecule has 1 aromatic carbocycles. The summed E-state index contributed by atoms with van der Waals surface area (Å²) in [6, 6.07) is 9.45. The van der Waals surface area contributed by atoms with Gasteiger partial charge in [-0.05, 0) is 74.5 Å². The summed E-state index contributed by atoms with van der Waals surface area (Å²) in [4.78, 5) is 44.7. The van der Waals surface area contributed by atoms with Crippen LogP contribution in [0.1, 0.15) is 37.7 Å². The van der Waals surface area contributed by atoms with Crippen molar-refractivity contribution >= 4 is 41.0 Å². The second-order valence-electron chi connectivity index (χ2n) is 12.4. The highest BCUT2D eigenvalue weighted by Crippen LogP contribution is 2.32. The van der Waals surface area contributed by atoms with Crippen molar-refractivity contribution in [1.29, 1.82) is 0 Å². The molecule has 1 amide bonds. The molecule has 2 saturated heterocycles. The van der Waals surface area contributed by atoms with Gasteiger partial charge in [-0.25, -0.2) is 15.0 Å². The lowest BCUT2D eigenvalue weighted by Gasteiger charge is -2.39. The summed E-state index contributed by atoms with van der Waals surface area (Å²) < 4.78 is 11.0. The highest BCUT2D eigenvalue weighted by atomic mass is 35.5. The summed E-state index contributed by atoms with van der Waals surface area (Å²) in [5.74, 6) is 1.93. The van der Waals surface area contributed by atoms with Crippen LogP contribution in [0, 0.1) is 11.8 Å². The van der Waals surface area contributed by atoms with Crippen molar-refractivity contribution in [2.45, 2.75) is 44.7 Å². The summed E-state index contributed by atoms with van der Waals surface area (Å²) in [7, 11) is 1.44. The van der Waals surface area contributed by atoms with Gasteiger partial charge in [-0.15, -0.1) is 0 Å². The normalized spacial score (nSPS) is 20.7. The number of ether oxygens (including phenoxy) is 2. The predicted octanol–water partition coefficient (Wildman–Crippen LogP) is 4.80. The van der Waals surface area contributed by atoms with Crippen LogP contribution in [0.3, 0.4) is 0 Å². The highest BCUT2D eigenvalue weighted by Gasteiger charge is 2.36.